The van der Waals surface area contributed by atoms with Gasteiger partial charge in [0.25, 0.3) is 5.91 Å². The smallest absolute Gasteiger partial charge is 0.275 e. The first-order valence-electron chi connectivity index (χ1n) is 10.5. The highest BCUT2D eigenvalue weighted by Gasteiger charge is 2.32. The summed E-state index contributed by atoms with van der Waals surface area (Å²) in [6.07, 6.45) is 5.15. The van der Waals surface area contributed by atoms with E-state index in [2.05, 4.69) is 10.3 Å². The lowest BCUT2D eigenvalue weighted by Crippen LogP contribution is -2.33. The molecule has 2 aliphatic rings. The van der Waals surface area contributed by atoms with E-state index in [9.17, 15) is 9.59 Å². The number of nitrogens with zero attached hydrogens (tertiary/aromatic N) is 2. The maximum atomic E-state index is 12.9. The minimum Gasteiger partial charge on any atom is -0.321 e. The van der Waals surface area contributed by atoms with Crippen LogP contribution >= 0.6 is 11.3 Å². The molecule has 0 atom stereocenters. The molecule has 2 amide bonds. The second kappa shape index (κ2) is 8.03. The zero-order chi connectivity index (χ0) is 20.5. The molecule has 0 radical (unpaired) electrons. The molecule has 0 spiro atoms. The molecular weight excluding hydrogens is 394 g/mol. The minimum atomic E-state index is -0.236. The Morgan fingerprint density at radius 3 is 2.67 bits per heavy atom. The van der Waals surface area contributed by atoms with Gasteiger partial charge in [0.1, 0.15) is 10.7 Å². The Bertz CT molecular complexity index is 1090. The first-order chi connectivity index (χ1) is 14.7. The summed E-state index contributed by atoms with van der Waals surface area (Å²) in [4.78, 5) is 32.1. The fraction of sp³-hybridized carbons (Fsp3) is 0.292. The van der Waals surface area contributed by atoms with Crippen molar-refractivity contribution in [3.63, 3.8) is 0 Å². The molecular formula is C24H23N3O2S. The van der Waals surface area contributed by atoms with Gasteiger partial charge in [-0.2, -0.15) is 0 Å². The number of aromatic nitrogens is 1. The quantitative estimate of drug-likeness (QED) is 0.639. The number of nitrogens with one attached hydrogen (secondary N) is 1. The Morgan fingerprint density at radius 2 is 1.87 bits per heavy atom. The lowest BCUT2D eigenvalue weighted by atomic mass is 10.1. The number of hydrogen-bond donors (Lipinski definition) is 1. The summed E-state index contributed by atoms with van der Waals surface area (Å²) >= 11 is 1.46. The van der Waals surface area contributed by atoms with E-state index in [1.807, 2.05) is 53.4 Å². The van der Waals surface area contributed by atoms with Crippen molar-refractivity contribution in [3.8, 4) is 10.6 Å². The lowest BCUT2D eigenvalue weighted by molar-refractivity contribution is -0.122. The third-order valence-electron chi connectivity index (χ3n) is 5.97. The molecule has 152 valence electrons. The van der Waals surface area contributed by atoms with E-state index in [0.717, 1.165) is 54.9 Å². The topological polar surface area (TPSA) is 62.3 Å². The molecule has 30 heavy (non-hydrogen) atoms. The molecule has 5 nitrogen and oxygen atoms in total. The van der Waals surface area contributed by atoms with E-state index in [0.29, 0.717) is 11.4 Å². The molecule has 1 saturated carbocycles. The van der Waals surface area contributed by atoms with Gasteiger partial charge in [-0.3, -0.25) is 9.59 Å². The fourth-order valence-corrected chi connectivity index (χ4v) is 5.17. The zero-order valence-corrected chi connectivity index (χ0v) is 17.5. The molecule has 2 aromatic carbocycles. The van der Waals surface area contributed by atoms with Gasteiger partial charge in [0.05, 0.1) is 0 Å². The van der Waals surface area contributed by atoms with Crippen molar-refractivity contribution in [2.75, 3.05) is 16.8 Å². The Kier molecular flexibility index (Phi) is 5.09. The van der Waals surface area contributed by atoms with Crippen molar-refractivity contribution in [2.24, 2.45) is 5.92 Å². The van der Waals surface area contributed by atoms with Gasteiger partial charge in [0.2, 0.25) is 5.91 Å². The van der Waals surface area contributed by atoms with Crippen LogP contribution in [0.25, 0.3) is 10.6 Å². The van der Waals surface area contributed by atoms with Crippen molar-refractivity contribution in [1.29, 1.82) is 0 Å². The van der Waals surface area contributed by atoms with Crippen LogP contribution in [0.1, 0.15) is 41.7 Å². The molecule has 0 unspecified atom stereocenters. The van der Waals surface area contributed by atoms with Crippen LogP contribution in [0.15, 0.2) is 53.9 Å². The zero-order valence-electron chi connectivity index (χ0n) is 16.6. The minimum absolute atomic E-state index is 0.153. The number of carbonyl (C=O) groups excluding carboxylic acids is 2. The van der Waals surface area contributed by atoms with Gasteiger partial charge in [-0.1, -0.05) is 49.2 Å². The highest BCUT2D eigenvalue weighted by atomic mass is 32.1. The van der Waals surface area contributed by atoms with E-state index >= 15 is 0 Å². The van der Waals surface area contributed by atoms with Crippen molar-refractivity contribution in [2.45, 2.75) is 32.1 Å². The van der Waals surface area contributed by atoms with E-state index in [1.165, 1.54) is 16.9 Å². The standard InChI is InChI=1S/C24H23N3O2S/c28-22(20-15-30-23(26-20)17-6-2-1-3-7-17)25-19-11-10-16-12-13-27(21(16)14-19)24(29)18-8-4-5-9-18/h1-3,6-7,10-11,14-15,18H,4-5,8-9,12-13H2,(H,25,28). The summed E-state index contributed by atoms with van der Waals surface area (Å²) in [6.45, 7) is 0.731. The van der Waals surface area contributed by atoms with Crippen LogP contribution in [-0.4, -0.2) is 23.3 Å². The fourth-order valence-electron chi connectivity index (χ4n) is 4.37. The van der Waals surface area contributed by atoms with Crippen molar-refractivity contribution in [1.82, 2.24) is 4.98 Å². The summed E-state index contributed by atoms with van der Waals surface area (Å²) in [5.74, 6) is 0.155. The predicted octanol–water partition coefficient (Wildman–Crippen LogP) is 5.14. The molecule has 0 saturated heterocycles. The Morgan fingerprint density at radius 1 is 1.07 bits per heavy atom. The number of fused-ring (bicyclic) bond motifs is 1. The molecule has 1 aromatic heterocycles. The van der Waals surface area contributed by atoms with Crippen molar-refractivity contribution < 1.29 is 9.59 Å². The third kappa shape index (κ3) is 3.63. The Hall–Kier alpha value is -2.99. The molecule has 0 bridgehead atoms. The number of amides is 2. The van der Waals surface area contributed by atoms with Crippen molar-refractivity contribution >= 4 is 34.5 Å². The second-order valence-electron chi connectivity index (χ2n) is 7.92. The summed E-state index contributed by atoms with van der Waals surface area (Å²) in [6, 6.07) is 15.7. The van der Waals surface area contributed by atoms with Crippen LogP contribution in [0.2, 0.25) is 0 Å². The van der Waals surface area contributed by atoms with Crippen LogP contribution in [0.5, 0.6) is 0 Å². The Balaban J connectivity index is 1.33. The van der Waals surface area contributed by atoms with Gasteiger partial charge in [0, 0.05) is 34.8 Å². The molecule has 3 aromatic rings. The van der Waals surface area contributed by atoms with E-state index in [4.69, 9.17) is 0 Å². The molecule has 5 rings (SSSR count). The van der Waals surface area contributed by atoms with Gasteiger partial charge in [-0.15, -0.1) is 11.3 Å². The highest BCUT2D eigenvalue weighted by molar-refractivity contribution is 7.13. The predicted molar refractivity (Wildman–Crippen MR) is 120 cm³/mol. The average molecular weight is 418 g/mol. The maximum Gasteiger partial charge on any atom is 0.275 e. The summed E-state index contributed by atoms with van der Waals surface area (Å²) in [5.41, 5.74) is 4.20. The highest BCUT2D eigenvalue weighted by Crippen LogP contribution is 2.35. The van der Waals surface area contributed by atoms with Crippen LogP contribution in [-0.2, 0) is 11.2 Å². The average Bonchev–Trinajstić information content (AvgIpc) is 3.54. The first-order valence-corrected chi connectivity index (χ1v) is 11.3. The van der Waals surface area contributed by atoms with Gasteiger partial charge >= 0.3 is 0 Å². The van der Waals surface area contributed by atoms with Crippen LogP contribution in [0.4, 0.5) is 11.4 Å². The van der Waals surface area contributed by atoms with Crippen LogP contribution < -0.4 is 10.2 Å². The van der Waals surface area contributed by atoms with E-state index < -0.39 is 0 Å². The van der Waals surface area contributed by atoms with E-state index in [-0.39, 0.29) is 17.7 Å². The number of thiazole rings is 1. The van der Waals surface area contributed by atoms with Gasteiger partial charge in [-0.05, 0) is 37.0 Å². The van der Waals surface area contributed by atoms with Gasteiger partial charge < -0.3 is 10.2 Å². The largest absolute Gasteiger partial charge is 0.321 e. The number of benzene rings is 2. The summed E-state index contributed by atoms with van der Waals surface area (Å²) in [5, 5.41) is 5.55. The molecule has 1 fully saturated rings. The lowest BCUT2D eigenvalue weighted by Gasteiger charge is -2.21. The SMILES string of the molecule is O=C(Nc1ccc2c(c1)N(C(=O)C1CCCC1)CC2)c1csc(-c2ccccc2)n1. The van der Waals surface area contributed by atoms with Crippen molar-refractivity contribution in [3.05, 3.63) is 65.2 Å². The number of carbonyl (C=O) groups is 2. The van der Waals surface area contributed by atoms with Gasteiger partial charge in [0.15, 0.2) is 0 Å². The first kappa shape index (κ1) is 19.0. The van der Waals surface area contributed by atoms with Gasteiger partial charge in [-0.25, -0.2) is 4.98 Å². The molecule has 1 aliphatic heterocycles. The third-order valence-corrected chi connectivity index (χ3v) is 6.86. The second-order valence-corrected chi connectivity index (χ2v) is 8.78. The molecule has 1 aliphatic carbocycles. The molecule has 1 N–H and O–H groups in total. The normalized spacial score (nSPS) is 15.9. The Labute approximate surface area is 179 Å². The summed E-state index contributed by atoms with van der Waals surface area (Å²) < 4.78 is 0. The summed E-state index contributed by atoms with van der Waals surface area (Å²) in [7, 11) is 0. The van der Waals surface area contributed by atoms with Crippen LogP contribution in [0, 0.1) is 5.92 Å². The number of anilines is 2. The number of rotatable bonds is 4. The van der Waals surface area contributed by atoms with Crippen LogP contribution in [0.3, 0.4) is 0 Å². The van der Waals surface area contributed by atoms with E-state index in [1.54, 1.807) is 5.38 Å². The monoisotopic (exact) mass is 417 g/mol. The molecule has 6 heteroatoms. The molecule has 2 heterocycles. The number of hydrogen-bond acceptors (Lipinski definition) is 4. The maximum absolute atomic E-state index is 12.9.